The summed E-state index contributed by atoms with van der Waals surface area (Å²) in [4.78, 5) is 4.21. The first-order chi connectivity index (χ1) is 8.63. The van der Waals surface area contributed by atoms with Crippen LogP contribution in [0.2, 0.25) is 5.02 Å². The highest BCUT2D eigenvalue weighted by Gasteiger charge is 2.15. The lowest BCUT2D eigenvalue weighted by Gasteiger charge is -2.14. The zero-order valence-electron chi connectivity index (χ0n) is 10.2. The number of benzene rings is 1. The molecule has 0 aliphatic carbocycles. The van der Waals surface area contributed by atoms with Crippen molar-refractivity contribution in [3.05, 3.63) is 58.4 Å². The van der Waals surface area contributed by atoms with E-state index < -0.39 is 6.10 Å². The Hall–Kier alpha value is -1.58. The summed E-state index contributed by atoms with van der Waals surface area (Å²) in [6, 6.07) is 8.95. The van der Waals surface area contributed by atoms with Crippen molar-refractivity contribution in [1.29, 1.82) is 0 Å². The smallest absolute Gasteiger partial charge is 0.137 e. The van der Waals surface area contributed by atoms with Crippen molar-refractivity contribution in [2.75, 3.05) is 7.11 Å². The maximum absolute atomic E-state index is 10.3. The zero-order valence-corrected chi connectivity index (χ0v) is 11.0. The molecule has 2 aromatic rings. The molecule has 4 heteroatoms. The minimum absolute atomic E-state index is 0.520. The van der Waals surface area contributed by atoms with Crippen molar-refractivity contribution < 1.29 is 9.84 Å². The number of halogens is 1. The van der Waals surface area contributed by atoms with Crippen LogP contribution in [0.3, 0.4) is 0 Å². The highest BCUT2D eigenvalue weighted by atomic mass is 35.5. The Morgan fingerprint density at radius 3 is 2.78 bits per heavy atom. The third-order valence-electron chi connectivity index (χ3n) is 2.80. The van der Waals surface area contributed by atoms with Gasteiger partial charge in [-0.1, -0.05) is 23.7 Å². The molecule has 0 spiro atoms. The number of aryl methyl sites for hydroxylation is 1. The Morgan fingerprint density at radius 2 is 2.11 bits per heavy atom. The summed E-state index contributed by atoms with van der Waals surface area (Å²) in [5.41, 5.74) is 2.29. The van der Waals surface area contributed by atoms with E-state index in [2.05, 4.69) is 4.98 Å². The number of hydrogen-bond acceptors (Lipinski definition) is 3. The third kappa shape index (κ3) is 2.47. The van der Waals surface area contributed by atoms with E-state index in [1.54, 1.807) is 31.5 Å². The minimum Gasteiger partial charge on any atom is -0.495 e. The van der Waals surface area contributed by atoms with E-state index in [0.29, 0.717) is 22.0 Å². The summed E-state index contributed by atoms with van der Waals surface area (Å²) in [7, 11) is 1.55. The van der Waals surface area contributed by atoms with Gasteiger partial charge in [0.05, 0.1) is 17.8 Å². The summed E-state index contributed by atoms with van der Waals surface area (Å²) in [5, 5.41) is 10.8. The molecule has 1 atom stereocenters. The van der Waals surface area contributed by atoms with Crippen molar-refractivity contribution >= 4 is 11.6 Å². The molecule has 0 amide bonds. The maximum Gasteiger partial charge on any atom is 0.137 e. The largest absolute Gasteiger partial charge is 0.495 e. The van der Waals surface area contributed by atoms with E-state index in [1.807, 2.05) is 19.1 Å². The summed E-state index contributed by atoms with van der Waals surface area (Å²) in [6.07, 6.45) is 0.885. The van der Waals surface area contributed by atoms with Gasteiger partial charge in [-0.3, -0.25) is 4.98 Å². The number of ether oxygens (including phenoxy) is 1. The molecule has 1 unspecified atom stereocenters. The molecule has 0 saturated heterocycles. The fourth-order valence-corrected chi connectivity index (χ4v) is 1.98. The Kier molecular flexibility index (Phi) is 3.84. The second-order valence-electron chi connectivity index (χ2n) is 4.00. The Labute approximate surface area is 111 Å². The van der Waals surface area contributed by atoms with Gasteiger partial charge in [-0.2, -0.15) is 0 Å². The van der Waals surface area contributed by atoms with E-state index in [1.165, 1.54) is 0 Å². The van der Waals surface area contributed by atoms with Gasteiger partial charge in [0, 0.05) is 6.20 Å². The number of hydrogen-bond donors (Lipinski definition) is 1. The second kappa shape index (κ2) is 5.38. The Morgan fingerprint density at radius 1 is 1.33 bits per heavy atom. The molecule has 0 aliphatic rings. The highest BCUT2D eigenvalue weighted by Crippen LogP contribution is 2.30. The predicted octanol–water partition coefficient (Wildman–Crippen LogP) is 3.13. The first kappa shape index (κ1) is 12.9. The van der Waals surface area contributed by atoms with Crippen LogP contribution in [0.1, 0.15) is 22.9 Å². The van der Waals surface area contributed by atoms with E-state index in [0.717, 1.165) is 5.56 Å². The lowest BCUT2D eigenvalue weighted by molar-refractivity contribution is 0.214. The average molecular weight is 264 g/mol. The molecule has 0 aliphatic heterocycles. The Balaban J connectivity index is 2.40. The lowest BCUT2D eigenvalue weighted by atomic mass is 10.0. The highest BCUT2D eigenvalue weighted by molar-refractivity contribution is 6.32. The van der Waals surface area contributed by atoms with Crippen LogP contribution in [-0.2, 0) is 0 Å². The number of aliphatic hydroxyl groups is 1. The van der Waals surface area contributed by atoms with Crippen LogP contribution in [0.4, 0.5) is 0 Å². The maximum atomic E-state index is 10.3. The van der Waals surface area contributed by atoms with Crippen molar-refractivity contribution in [2.45, 2.75) is 13.0 Å². The van der Waals surface area contributed by atoms with Gasteiger partial charge in [-0.15, -0.1) is 0 Å². The van der Waals surface area contributed by atoms with Crippen LogP contribution in [0, 0.1) is 6.92 Å². The van der Waals surface area contributed by atoms with Crippen molar-refractivity contribution in [3.8, 4) is 5.75 Å². The molecule has 0 saturated carbocycles. The van der Waals surface area contributed by atoms with Crippen LogP contribution >= 0.6 is 11.6 Å². The number of nitrogens with zero attached hydrogens (tertiary/aromatic N) is 1. The van der Waals surface area contributed by atoms with E-state index in [4.69, 9.17) is 16.3 Å². The van der Waals surface area contributed by atoms with Gasteiger partial charge in [-0.05, 0) is 36.2 Å². The fraction of sp³-hybridized carbons (Fsp3) is 0.214. The van der Waals surface area contributed by atoms with Gasteiger partial charge in [-0.25, -0.2) is 0 Å². The van der Waals surface area contributed by atoms with Crippen molar-refractivity contribution in [2.24, 2.45) is 0 Å². The molecule has 1 N–H and O–H groups in total. The monoisotopic (exact) mass is 263 g/mol. The number of rotatable bonds is 3. The molecule has 0 bridgehead atoms. The van der Waals surface area contributed by atoms with Gasteiger partial charge >= 0.3 is 0 Å². The summed E-state index contributed by atoms with van der Waals surface area (Å²) < 4.78 is 5.14. The van der Waals surface area contributed by atoms with Crippen molar-refractivity contribution in [1.82, 2.24) is 4.98 Å². The number of aromatic nitrogens is 1. The standard InChI is InChI=1S/C14H14ClNO2/c1-9-4-3-7-16-13(9)14(17)10-5-6-11(15)12(8-10)18-2/h3-8,14,17H,1-2H3. The topological polar surface area (TPSA) is 42.4 Å². The van der Waals surface area contributed by atoms with Gasteiger partial charge in [0.2, 0.25) is 0 Å². The predicted molar refractivity (Wildman–Crippen MR) is 71.0 cm³/mol. The van der Waals surface area contributed by atoms with Crippen LogP contribution in [0.25, 0.3) is 0 Å². The molecule has 2 rings (SSSR count). The number of pyridine rings is 1. The van der Waals surface area contributed by atoms with Crippen LogP contribution in [-0.4, -0.2) is 17.2 Å². The number of aliphatic hydroxyl groups excluding tert-OH is 1. The number of methoxy groups -OCH3 is 1. The molecule has 1 aromatic heterocycles. The zero-order chi connectivity index (χ0) is 13.1. The molecule has 1 heterocycles. The van der Waals surface area contributed by atoms with E-state index in [-0.39, 0.29) is 0 Å². The third-order valence-corrected chi connectivity index (χ3v) is 3.11. The molecule has 18 heavy (non-hydrogen) atoms. The Bertz CT molecular complexity index is 557. The summed E-state index contributed by atoms with van der Waals surface area (Å²) in [6.45, 7) is 1.92. The fourth-order valence-electron chi connectivity index (χ4n) is 1.79. The SMILES string of the molecule is COc1cc(C(O)c2ncccc2C)ccc1Cl. The average Bonchev–Trinajstić information content (AvgIpc) is 2.39. The summed E-state index contributed by atoms with van der Waals surface area (Å²) in [5.74, 6) is 0.543. The molecule has 0 radical (unpaired) electrons. The molecule has 3 nitrogen and oxygen atoms in total. The summed E-state index contributed by atoms with van der Waals surface area (Å²) >= 11 is 5.96. The van der Waals surface area contributed by atoms with Crippen LogP contribution < -0.4 is 4.74 Å². The molecule has 1 aromatic carbocycles. The molecular weight excluding hydrogens is 250 g/mol. The van der Waals surface area contributed by atoms with Crippen LogP contribution in [0.5, 0.6) is 5.75 Å². The second-order valence-corrected chi connectivity index (χ2v) is 4.41. The first-order valence-corrected chi connectivity index (χ1v) is 5.94. The van der Waals surface area contributed by atoms with E-state index in [9.17, 15) is 5.11 Å². The van der Waals surface area contributed by atoms with Gasteiger partial charge in [0.1, 0.15) is 11.9 Å². The van der Waals surface area contributed by atoms with Gasteiger partial charge < -0.3 is 9.84 Å². The molecule has 0 fully saturated rings. The van der Waals surface area contributed by atoms with Crippen molar-refractivity contribution in [3.63, 3.8) is 0 Å². The minimum atomic E-state index is -0.780. The lowest BCUT2D eigenvalue weighted by Crippen LogP contribution is -2.04. The quantitative estimate of drug-likeness (QED) is 0.925. The van der Waals surface area contributed by atoms with E-state index >= 15 is 0 Å². The molecular formula is C14H14ClNO2. The van der Waals surface area contributed by atoms with Gasteiger partial charge in [0.25, 0.3) is 0 Å². The first-order valence-electron chi connectivity index (χ1n) is 5.56. The molecule has 94 valence electrons. The van der Waals surface area contributed by atoms with Crippen LogP contribution in [0.15, 0.2) is 36.5 Å². The van der Waals surface area contributed by atoms with Gasteiger partial charge in [0.15, 0.2) is 0 Å². The normalized spacial score (nSPS) is 12.2.